The standard InChI is InChI=1S/C16H14FNO2/c1-11(19)15-8-14(17)6-7-16(15)20-10-13-5-3-2-4-12(13)9-18/h2-8,11,19H,10H2,1H3/t11-/m1/s1. The second-order valence-corrected chi connectivity index (χ2v) is 4.42. The zero-order valence-corrected chi connectivity index (χ0v) is 11.0. The number of aliphatic hydroxyl groups is 1. The van der Waals surface area contributed by atoms with Crippen LogP contribution in [0.3, 0.4) is 0 Å². The minimum Gasteiger partial charge on any atom is -0.488 e. The summed E-state index contributed by atoms with van der Waals surface area (Å²) in [6, 6.07) is 13.2. The number of benzene rings is 2. The Morgan fingerprint density at radius 1 is 1.30 bits per heavy atom. The minimum absolute atomic E-state index is 0.190. The van der Waals surface area contributed by atoms with E-state index < -0.39 is 11.9 Å². The maximum absolute atomic E-state index is 13.2. The van der Waals surface area contributed by atoms with Crippen molar-refractivity contribution in [3.05, 3.63) is 65.0 Å². The molecule has 20 heavy (non-hydrogen) atoms. The van der Waals surface area contributed by atoms with E-state index in [0.717, 1.165) is 5.56 Å². The topological polar surface area (TPSA) is 53.2 Å². The summed E-state index contributed by atoms with van der Waals surface area (Å²) in [5.74, 6) is -0.0141. The first-order valence-corrected chi connectivity index (χ1v) is 6.20. The third kappa shape index (κ3) is 3.14. The third-order valence-corrected chi connectivity index (χ3v) is 2.94. The van der Waals surface area contributed by atoms with E-state index in [1.807, 2.05) is 6.07 Å². The molecule has 0 amide bonds. The Bertz CT molecular complexity index is 647. The zero-order valence-electron chi connectivity index (χ0n) is 11.0. The van der Waals surface area contributed by atoms with Crippen molar-refractivity contribution in [2.24, 2.45) is 0 Å². The van der Waals surface area contributed by atoms with Gasteiger partial charge in [0.2, 0.25) is 0 Å². The van der Waals surface area contributed by atoms with Crippen molar-refractivity contribution in [1.29, 1.82) is 5.26 Å². The van der Waals surface area contributed by atoms with Crippen LogP contribution in [-0.2, 0) is 6.61 Å². The number of rotatable bonds is 4. The highest BCUT2D eigenvalue weighted by molar-refractivity contribution is 5.39. The molecular weight excluding hydrogens is 257 g/mol. The van der Waals surface area contributed by atoms with Crippen molar-refractivity contribution in [1.82, 2.24) is 0 Å². The van der Waals surface area contributed by atoms with Gasteiger partial charge in [-0.25, -0.2) is 4.39 Å². The molecule has 102 valence electrons. The zero-order chi connectivity index (χ0) is 14.5. The highest BCUT2D eigenvalue weighted by Crippen LogP contribution is 2.27. The summed E-state index contributed by atoms with van der Waals surface area (Å²) in [5, 5.41) is 18.6. The Balaban J connectivity index is 2.21. The number of nitrogens with zero attached hydrogens (tertiary/aromatic N) is 1. The monoisotopic (exact) mass is 271 g/mol. The summed E-state index contributed by atoms with van der Waals surface area (Å²) in [6.07, 6.45) is -0.827. The van der Waals surface area contributed by atoms with Crippen LogP contribution in [0.2, 0.25) is 0 Å². The van der Waals surface area contributed by atoms with Crippen LogP contribution < -0.4 is 4.74 Å². The van der Waals surface area contributed by atoms with Gasteiger partial charge in [0, 0.05) is 11.1 Å². The van der Waals surface area contributed by atoms with Crippen LogP contribution in [0.1, 0.15) is 29.7 Å². The predicted molar refractivity (Wildman–Crippen MR) is 72.5 cm³/mol. The van der Waals surface area contributed by atoms with Gasteiger partial charge in [0.15, 0.2) is 0 Å². The molecule has 0 heterocycles. The van der Waals surface area contributed by atoms with Crippen LogP contribution in [0, 0.1) is 17.1 Å². The van der Waals surface area contributed by atoms with Gasteiger partial charge in [-0.15, -0.1) is 0 Å². The number of aliphatic hydroxyl groups excluding tert-OH is 1. The highest BCUT2D eigenvalue weighted by Gasteiger charge is 2.11. The van der Waals surface area contributed by atoms with Gasteiger partial charge in [-0.05, 0) is 31.2 Å². The van der Waals surface area contributed by atoms with Crippen molar-refractivity contribution in [2.45, 2.75) is 19.6 Å². The molecule has 4 heteroatoms. The second-order valence-electron chi connectivity index (χ2n) is 4.42. The smallest absolute Gasteiger partial charge is 0.125 e. The molecule has 1 atom stereocenters. The summed E-state index contributed by atoms with van der Waals surface area (Å²) >= 11 is 0. The fourth-order valence-electron chi connectivity index (χ4n) is 1.89. The molecule has 0 aliphatic carbocycles. The van der Waals surface area contributed by atoms with Gasteiger partial charge in [-0.2, -0.15) is 5.26 Å². The number of nitriles is 1. The van der Waals surface area contributed by atoms with Crippen LogP contribution in [-0.4, -0.2) is 5.11 Å². The molecule has 0 radical (unpaired) electrons. The van der Waals surface area contributed by atoms with Gasteiger partial charge in [0.25, 0.3) is 0 Å². The molecule has 0 fully saturated rings. The number of ether oxygens (including phenoxy) is 1. The van der Waals surface area contributed by atoms with E-state index in [4.69, 9.17) is 10.00 Å². The van der Waals surface area contributed by atoms with Gasteiger partial charge >= 0.3 is 0 Å². The van der Waals surface area contributed by atoms with Crippen molar-refractivity contribution in [3.63, 3.8) is 0 Å². The van der Waals surface area contributed by atoms with Crippen LogP contribution in [0.4, 0.5) is 4.39 Å². The molecule has 0 aliphatic heterocycles. The van der Waals surface area contributed by atoms with Gasteiger partial charge in [0.1, 0.15) is 18.2 Å². The van der Waals surface area contributed by atoms with E-state index >= 15 is 0 Å². The Morgan fingerprint density at radius 3 is 2.75 bits per heavy atom. The Kier molecular flexibility index (Phi) is 4.34. The SMILES string of the molecule is C[C@@H](O)c1cc(F)ccc1OCc1ccccc1C#N. The summed E-state index contributed by atoms with van der Waals surface area (Å²) in [6.45, 7) is 1.74. The second kappa shape index (κ2) is 6.18. The molecule has 2 aromatic rings. The summed E-state index contributed by atoms with van der Waals surface area (Å²) in [5.41, 5.74) is 1.67. The van der Waals surface area contributed by atoms with Crippen LogP contribution in [0.15, 0.2) is 42.5 Å². The number of halogens is 1. The molecule has 0 spiro atoms. The van der Waals surface area contributed by atoms with E-state index in [1.54, 1.807) is 25.1 Å². The fraction of sp³-hybridized carbons (Fsp3) is 0.188. The quantitative estimate of drug-likeness (QED) is 0.928. The van der Waals surface area contributed by atoms with Gasteiger partial charge in [-0.1, -0.05) is 18.2 Å². The average Bonchev–Trinajstić information content (AvgIpc) is 2.46. The Hall–Kier alpha value is -2.38. The molecule has 2 aromatic carbocycles. The first-order valence-electron chi connectivity index (χ1n) is 6.20. The molecular formula is C16H14FNO2. The maximum Gasteiger partial charge on any atom is 0.125 e. The molecule has 0 aromatic heterocycles. The first-order chi connectivity index (χ1) is 9.61. The van der Waals surface area contributed by atoms with Crippen molar-refractivity contribution < 1.29 is 14.2 Å². The lowest BCUT2D eigenvalue weighted by Gasteiger charge is -2.14. The Labute approximate surface area is 116 Å². The fourth-order valence-corrected chi connectivity index (χ4v) is 1.89. The molecule has 1 N–H and O–H groups in total. The van der Waals surface area contributed by atoms with E-state index in [-0.39, 0.29) is 6.61 Å². The van der Waals surface area contributed by atoms with Crippen molar-refractivity contribution in [2.75, 3.05) is 0 Å². The van der Waals surface area contributed by atoms with Gasteiger partial charge < -0.3 is 9.84 Å². The highest BCUT2D eigenvalue weighted by atomic mass is 19.1. The molecule has 0 aliphatic rings. The molecule has 0 bridgehead atoms. The number of hydrogen-bond donors (Lipinski definition) is 1. The van der Waals surface area contributed by atoms with Crippen LogP contribution in [0.25, 0.3) is 0 Å². The van der Waals surface area contributed by atoms with E-state index in [1.165, 1.54) is 18.2 Å². The lowest BCUT2D eigenvalue weighted by atomic mass is 10.1. The van der Waals surface area contributed by atoms with Gasteiger partial charge in [-0.3, -0.25) is 0 Å². The van der Waals surface area contributed by atoms with Crippen molar-refractivity contribution in [3.8, 4) is 11.8 Å². The minimum atomic E-state index is -0.827. The summed E-state index contributed by atoms with van der Waals surface area (Å²) in [7, 11) is 0. The first kappa shape index (κ1) is 14.0. The Morgan fingerprint density at radius 2 is 2.05 bits per heavy atom. The molecule has 0 saturated heterocycles. The normalized spacial score (nSPS) is 11.7. The molecule has 3 nitrogen and oxygen atoms in total. The van der Waals surface area contributed by atoms with Crippen LogP contribution in [0.5, 0.6) is 5.75 Å². The largest absolute Gasteiger partial charge is 0.488 e. The van der Waals surface area contributed by atoms with E-state index in [9.17, 15) is 9.50 Å². The molecule has 0 saturated carbocycles. The van der Waals surface area contributed by atoms with E-state index in [0.29, 0.717) is 16.9 Å². The summed E-state index contributed by atoms with van der Waals surface area (Å²) < 4.78 is 18.8. The predicted octanol–water partition coefficient (Wildman–Crippen LogP) is 3.33. The average molecular weight is 271 g/mol. The lowest BCUT2D eigenvalue weighted by Crippen LogP contribution is -2.03. The molecule has 0 unspecified atom stereocenters. The van der Waals surface area contributed by atoms with Crippen molar-refractivity contribution >= 4 is 0 Å². The van der Waals surface area contributed by atoms with Gasteiger partial charge in [0.05, 0.1) is 17.7 Å². The van der Waals surface area contributed by atoms with Crippen LogP contribution >= 0.6 is 0 Å². The third-order valence-electron chi connectivity index (χ3n) is 2.94. The molecule has 2 rings (SSSR count). The number of hydrogen-bond acceptors (Lipinski definition) is 3. The lowest BCUT2D eigenvalue weighted by molar-refractivity contribution is 0.189. The maximum atomic E-state index is 13.2. The van der Waals surface area contributed by atoms with E-state index in [2.05, 4.69) is 6.07 Å². The summed E-state index contributed by atoms with van der Waals surface area (Å²) in [4.78, 5) is 0.